The Hall–Kier alpha value is -1.56. The zero-order valence-corrected chi connectivity index (χ0v) is 10.2. The highest BCUT2D eigenvalue weighted by molar-refractivity contribution is 6.30. The van der Waals surface area contributed by atoms with Crippen molar-refractivity contribution in [2.75, 3.05) is 6.61 Å². The fourth-order valence-corrected chi connectivity index (χ4v) is 1.44. The first-order valence-corrected chi connectivity index (χ1v) is 5.63. The molecule has 0 bridgehead atoms. The molecule has 2 atom stereocenters. The van der Waals surface area contributed by atoms with Gasteiger partial charge in [-0.3, -0.25) is 0 Å². The first-order chi connectivity index (χ1) is 8.52. The number of aliphatic hydroxyl groups excluding tert-OH is 2. The molecule has 5 nitrogen and oxygen atoms in total. The Morgan fingerprint density at radius 2 is 2.00 bits per heavy atom. The number of nitrogens with one attached hydrogen (secondary N) is 1. The smallest absolute Gasteiger partial charge is 0.405 e. The van der Waals surface area contributed by atoms with Crippen LogP contribution in [0.4, 0.5) is 4.79 Å². The van der Waals surface area contributed by atoms with Crippen molar-refractivity contribution in [3.63, 3.8) is 0 Å². The summed E-state index contributed by atoms with van der Waals surface area (Å²) in [5.74, 6) is 0. The molecule has 6 heteroatoms. The lowest BCUT2D eigenvalue weighted by Crippen LogP contribution is -2.44. The Labute approximate surface area is 109 Å². The average Bonchev–Trinajstić information content (AvgIpc) is 2.34. The third-order valence-corrected chi connectivity index (χ3v) is 2.53. The van der Waals surface area contributed by atoms with Gasteiger partial charge in [-0.1, -0.05) is 35.9 Å². The van der Waals surface area contributed by atoms with E-state index in [2.05, 4.69) is 0 Å². The molecule has 4 N–H and O–H groups in total. The second-order valence-corrected chi connectivity index (χ2v) is 4.08. The SMILES string of the molecule is O=C(O)NC(CO)[C@H](O)C=Cc1ccc(Cl)cc1. The lowest BCUT2D eigenvalue weighted by atomic mass is 10.1. The average molecular weight is 272 g/mol. The molecule has 1 aromatic carbocycles. The summed E-state index contributed by atoms with van der Waals surface area (Å²) < 4.78 is 0. The van der Waals surface area contributed by atoms with Crippen molar-refractivity contribution in [1.82, 2.24) is 5.32 Å². The summed E-state index contributed by atoms with van der Waals surface area (Å²) >= 11 is 5.72. The molecular formula is C12H14ClNO4. The summed E-state index contributed by atoms with van der Waals surface area (Å²) in [6, 6.07) is 5.96. The van der Waals surface area contributed by atoms with Crippen LogP contribution in [0.25, 0.3) is 6.08 Å². The molecule has 1 rings (SSSR count). The van der Waals surface area contributed by atoms with E-state index in [4.69, 9.17) is 21.8 Å². The second kappa shape index (κ2) is 7.00. The van der Waals surface area contributed by atoms with Crippen LogP contribution in [0.2, 0.25) is 5.02 Å². The Balaban J connectivity index is 2.64. The van der Waals surface area contributed by atoms with E-state index in [-0.39, 0.29) is 0 Å². The van der Waals surface area contributed by atoms with Crippen molar-refractivity contribution in [1.29, 1.82) is 0 Å². The van der Waals surface area contributed by atoms with Crippen molar-refractivity contribution in [2.45, 2.75) is 12.1 Å². The predicted octanol–water partition coefficient (Wildman–Crippen LogP) is 1.34. The van der Waals surface area contributed by atoms with Crippen LogP contribution in [-0.2, 0) is 0 Å². The Kier molecular flexibility index (Phi) is 5.64. The molecule has 0 fully saturated rings. The summed E-state index contributed by atoms with van der Waals surface area (Å²) in [6.45, 7) is -0.488. The largest absolute Gasteiger partial charge is 0.465 e. The number of hydrogen-bond acceptors (Lipinski definition) is 3. The van der Waals surface area contributed by atoms with Gasteiger partial charge in [-0.05, 0) is 17.7 Å². The van der Waals surface area contributed by atoms with Gasteiger partial charge >= 0.3 is 6.09 Å². The third-order valence-electron chi connectivity index (χ3n) is 2.27. The summed E-state index contributed by atoms with van der Waals surface area (Å²) in [5, 5.41) is 29.7. The van der Waals surface area contributed by atoms with Gasteiger partial charge in [0, 0.05) is 5.02 Å². The first-order valence-electron chi connectivity index (χ1n) is 5.25. The molecule has 1 amide bonds. The highest BCUT2D eigenvalue weighted by Crippen LogP contribution is 2.11. The number of amides is 1. The molecular weight excluding hydrogens is 258 g/mol. The van der Waals surface area contributed by atoms with Crippen LogP contribution < -0.4 is 5.32 Å². The molecule has 0 heterocycles. The maximum absolute atomic E-state index is 10.4. The van der Waals surface area contributed by atoms with Crippen molar-refractivity contribution in [3.05, 3.63) is 40.9 Å². The molecule has 0 aliphatic heterocycles. The van der Waals surface area contributed by atoms with Gasteiger partial charge < -0.3 is 20.6 Å². The molecule has 0 radical (unpaired) electrons. The first kappa shape index (κ1) is 14.5. The van der Waals surface area contributed by atoms with E-state index in [0.717, 1.165) is 5.56 Å². The van der Waals surface area contributed by atoms with Crippen molar-refractivity contribution >= 4 is 23.8 Å². The molecule has 1 aromatic rings. The summed E-state index contributed by atoms with van der Waals surface area (Å²) in [7, 11) is 0. The number of hydrogen-bond donors (Lipinski definition) is 4. The van der Waals surface area contributed by atoms with Gasteiger partial charge in [0.1, 0.15) is 0 Å². The van der Waals surface area contributed by atoms with Crippen LogP contribution in [0.15, 0.2) is 30.3 Å². The highest BCUT2D eigenvalue weighted by Gasteiger charge is 2.17. The van der Waals surface area contributed by atoms with Crippen LogP contribution in [0.3, 0.4) is 0 Å². The summed E-state index contributed by atoms with van der Waals surface area (Å²) in [6.07, 6.45) is 0.613. The van der Waals surface area contributed by atoms with Crippen LogP contribution in [-0.4, -0.2) is 40.2 Å². The Bertz CT molecular complexity index is 419. The van der Waals surface area contributed by atoms with E-state index in [9.17, 15) is 9.90 Å². The van der Waals surface area contributed by atoms with Gasteiger partial charge in [-0.15, -0.1) is 0 Å². The van der Waals surface area contributed by atoms with E-state index in [1.165, 1.54) is 6.08 Å². The summed E-state index contributed by atoms with van der Waals surface area (Å²) in [4.78, 5) is 10.4. The predicted molar refractivity (Wildman–Crippen MR) is 68.5 cm³/mol. The Morgan fingerprint density at radius 3 is 2.50 bits per heavy atom. The van der Waals surface area contributed by atoms with E-state index in [1.54, 1.807) is 30.3 Å². The van der Waals surface area contributed by atoms with Gasteiger partial charge in [-0.2, -0.15) is 0 Å². The maximum Gasteiger partial charge on any atom is 0.405 e. The standard InChI is InChI=1S/C12H14ClNO4/c13-9-4-1-8(2-5-9)3-6-11(16)10(7-15)14-12(17)18/h1-6,10-11,14-16H,7H2,(H,17,18)/t10?,11-/m1/s1. The van der Waals surface area contributed by atoms with Crippen molar-refractivity contribution in [2.24, 2.45) is 0 Å². The van der Waals surface area contributed by atoms with Crippen LogP contribution in [0.1, 0.15) is 5.56 Å². The lowest BCUT2D eigenvalue weighted by molar-refractivity contribution is 0.116. The molecule has 98 valence electrons. The molecule has 0 aromatic heterocycles. The van der Waals surface area contributed by atoms with Gasteiger partial charge in [0.2, 0.25) is 0 Å². The fraction of sp³-hybridized carbons (Fsp3) is 0.250. The number of rotatable bonds is 5. The molecule has 0 saturated carbocycles. The number of carboxylic acid groups (broad SMARTS) is 1. The topological polar surface area (TPSA) is 89.8 Å². The molecule has 0 aliphatic rings. The third kappa shape index (κ3) is 4.75. The molecule has 0 saturated heterocycles. The van der Waals surface area contributed by atoms with Crippen molar-refractivity contribution in [3.8, 4) is 0 Å². The van der Waals surface area contributed by atoms with Crippen LogP contribution >= 0.6 is 11.6 Å². The van der Waals surface area contributed by atoms with E-state index >= 15 is 0 Å². The molecule has 0 spiro atoms. The zero-order chi connectivity index (χ0) is 13.5. The van der Waals surface area contributed by atoms with E-state index < -0.39 is 24.8 Å². The number of benzene rings is 1. The lowest BCUT2D eigenvalue weighted by Gasteiger charge is -2.17. The second-order valence-electron chi connectivity index (χ2n) is 3.64. The minimum Gasteiger partial charge on any atom is -0.465 e. The minimum atomic E-state index is -1.30. The number of aliphatic hydroxyl groups is 2. The van der Waals surface area contributed by atoms with Crippen LogP contribution in [0.5, 0.6) is 0 Å². The van der Waals surface area contributed by atoms with Gasteiger partial charge in [0.05, 0.1) is 18.8 Å². The number of halogens is 1. The van der Waals surface area contributed by atoms with Gasteiger partial charge in [0.15, 0.2) is 0 Å². The van der Waals surface area contributed by atoms with E-state index in [0.29, 0.717) is 5.02 Å². The molecule has 0 aliphatic carbocycles. The van der Waals surface area contributed by atoms with E-state index in [1.807, 2.05) is 5.32 Å². The van der Waals surface area contributed by atoms with Crippen molar-refractivity contribution < 1.29 is 20.1 Å². The summed E-state index contributed by atoms with van der Waals surface area (Å²) in [5.41, 5.74) is 0.811. The minimum absolute atomic E-state index is 0.488. The Morgan fingerprint density at radius 1 is 1.39 bits per heavy atom. The monoisotopic (exact) mass is 271 g/mol. The number of carbonyl (C=O) groups is 1. The molecule has 18 heavy (non-hydrogen) atoms. The van der Waals surface area contributed by atoms with Crippen LogP contribution in [0, 0.1) is 0 Å². The maximum atomic E-state index is 10.4. The fourth-order valence-electron chi connectivity index (χ4n) is 1.32. The zero-order valence-electron chi connectivity index (χ0n) is 9.45. The van der Waals surface area contributed by atoms with Gasteiger partial charge in [0.25, 0.3) is 0 Å². The molecule has 1 unspecified atom stereocenters. The normalized spacial score (nSPS) is 14.4. The van der Waals surface area contributed by atoms with Gasteiger partial charge in [-0.25, -0.2) is 4.79 Å². The quantitative estimate of drug-likeness (QED) is 0.651. The highest BCUT2D eigenvalue weighted by atomic mass is 35.5.